The second kappa shape index (κ2) is 4.43. The van der Waals surface area contributed by atoms with Crippen molar-refractivity contribution >= 4 is 17.3 Å². The molecule has 0 fully saturated rings. The molecule has 16 heavy (non-hydrogen) atoms. The number of hydrogen-bond donors (Lipinski definition) is 1. The van der Waals surface area contributed by atoms with Crippen LogP contribution in [0.15, 0.2) is 46.9 Å². The normalized spacial score (nSPS) is 10.8. The number of azo groups is 1. The van der Waals surface area contributed by atoms with Crippen molar-refractivity contribution in [2.24, 2.45) is 10.2 Å². The fourth-order valence-corrected chi connectivity index (χ4v) is 1.03. The first kappa shape index (κ1) is 10.2. The molecular formula is C10H8FN5. The lowest BCUT2D eigenvalue weighted by Gasteiger charge is -1.93. The predicted octanol–water partition coefficient (Wildman–Crippen LogP) is 2.61. The summed E-state index contributed by atoms with van der Waals surface area (Å²) in [6.45, 7) is 0. The van der Waals surface area contributed by atoms with Crippen LogP contribution in [0, 0.1) is 5.82 Å². The Hall–Kier alpha value is -2.37. The van der Waals surface area contributed by atoms with Crippen LogP contribution in [0.3, 0.4) is 0 Å². The lowest BCUT2D eigenvalue weighted by molar-refractivity contribution is 0.628. The maximum absolute atomic E-state index is 12.8. The van der Waals surface area contributed by atoms with E-state index in [-0.39, 0.29) is 5.82 Å². The summed E-state index contributed by atoms with van der Waals surface area (Å²) in [6.07, 6.45) is 2.76. The third-order valence-electron chi connectivity index (χ3n) is 1.73. The summed E-state index contributed by atoms with van der Waals surface area (Å²) in [5.41, 5.74) is 5.77. The van der Waals surface area contributed by atoms with E-state index in [0.717, 1.165) is 0 Å². The van der Waals surface area contributed by atoms with Crippen LogP contribution in [0.2, 0.25) is 0 Å². The Bertz CT molecular complexity index is 509. The zero-order chi connectivity index (χ0) is 11.4. The van der Waals surface area contributed by atoms with Crippen LogP contribution in [-0.4, -0.2) is 9.97 Å². The first-order chi connectivity index (χ1) is 7.74. The molecule has 0 amide bonds. The molecule has 1 aromatic carbocycles. The minimum Gasteiger partial charge on any atom is -0.382 e. The summed E-state index contributed by atoms with van der Waals surface area (Å²) in [5.74, 6) is 0.267. The molecule has 0 saturated heterocycles. The highest BCUT2D eigenvalue weighted by atomic mass is 19.1. The number of aromatic nitrogens is 2. The van der Waals surface area contributed by atoms with Crippen LogP contribution >= 0.6 is 0 Å². The smallest absolute Gasteiger partial charge is 0.193 e. The van der Waals surface area contributed by atoms with Crippen LogP contribution < -0.4 is 5.73 Å². The van der Waals surface area contributed by atoms with Crippen molar-refractivity contribution in [3.63, 3.8) is 0 Å². The van der Waals surface area contributed by atoms with E-state index < -0.39 is 0 Å². The SMILES string of the molecule is Nc1cnc(N=Nc2cccc(F)c2)cn1. The monoisotopic (exact) mass is 217 g/mol. The third-order valence-corrected chi connectivity index (χ3v) is 1.73. The number of anilines is 1. The van der Waals surface area contributed by atoms with Gasteiger partial charge in [0.25, 0.3) is 0 Å². The van der Waals surface area contributed by atoms with Crippen LogP contribution in [0.25, 0.3) is 0 Å². The Morgan fingerprint density at radius 3 is 2.69 bits per heavy atom. The van der Waals surface area contributed by atoms with E-state index >= 15 is 0 Å². The average Bonchev–Trinajstić information content (AvgIpc) is 2.28. The molecule has 1 heterocycles. The quantitative estimate of drug-likeness (QED) is 0.785. The van der Waals surface area contributed by atoms with Gasteiger partial charge >= 0.3 is 0 Å². The molecule has 0 aliphatic carbocycles. The van der Waals surface area contributed by atoms with Gasteiger partial charge in [-0.1, -0.05) is 6.07 Å². The number of halogens is 1. The summed E-state index contributed by atoms with van der Waals surface area (Å²) < 4.78 is 12.8. The molecule has 1 aromatic heterocycles. The van der Waals surface area contributed by atoms with E-state index in [0.29, 0.717) is 17.3 Å². The van der Waals surface area contributed by atoms with Crippen molar-refractivity contribution in [1.82, 2.24) is 9.97 Å². The van der Waals surface area contributed by atoms with Gasteiger partial charge in [0.05, 0.1) is 18.1 Å². The van der Waals surface area contributed by atoms with Crippen molar-refractivity contribution in [3.8, 4) is 0 Å². The molecule has 2 aromatic rings. The minimum absolute atomic E-state index is 0.310. The molecule has 80 valence electrons. The van der Waals surface area contributed by atoms with Gasteiger partial charge in [-0.2, -0.15) is 0 Å². The van der Waals surface area contributed by atoms with Gasteiger partial charge in [0, 0.05) is 6.07 Å². The van der Waals surface area contributed by atoms with E-state index in [9.17, 15) is 4.39 Å². The van der Waals surface area contributed by atoms with Crippen molar-refractivity contribution in [2.75, 3.05) is 5.73 Å². The average molecular weight is 217 g/mol. The first-order valence-electron chi connectivity index (χ1n) is 4.49. The highest BCUT2D eigenvalue weighted by molar-refractivity contribution is 5.37. The van der Waals surface area contributed by atoms with Gasteiger partial charge in [-0.3, -0.25) is 0 Å². The van der Waals surface area contributed by atoms with Crippen LogP contribution in [0.5, 0.6) is 0 Å². The Labute approximate surface area is 90.9 Å². The van der Waals surface area contributed by atoms with Gasteiger partial charge < -0.3 is 5.73 Å². The molecule has 0 unspecified atom stereocenters. The Morgan fingerprint density at radius 2 is 2.00 bits per heavy atom. The molecule has 0 bridgehead atoms. The van der Waals surface area contributed by atoms with Crippen molar-refractivity contribution < 1.29 is 4.39 Å². The number of nitrogen functional groups attached to an aromatic ring is 1. The second-order valence-corrected chi connectivity index (χ2v) is 2.98. The molecule has 5 nitrogen and oxygen atoms in total. The topological polar surface area (TPSA) is 76.5 Å². The molecule has 0 radical (unpaired) electrons. The summed E-state index contributed by atoms with van der Waals surface area (Å²) in [6, 6.07) is 5.80. The van der Waals surface area contributed by atoms with Gasteiger partial charge in [-0.25, -0.2) is 14.4 Å². The van der Waals surface area contributed by atoms with Gasteiger partial charge in [0.1, 0.15) is 11.6 Å². The fourth-order valence-electron chi connectivity index (χ4n) is 1.03. The maximum Gasteiger partial charge on any atom is 0.193 e. The van der Waals surface area contributed by atoms with Gasteiger partial charge in [-0.05, 0) is 12.1 Å². The fraction of sp³-hybridized carbons (Fsp3) is 0. The van der Waals surface area contributed by atoms with Gasteiger partial charge in [-0.15, -0.1) is 10.2 Å². The summed E-state index contributed by atoms with van der Waals surface area (Å²) in [4.78, 5) is 7.67. The van der Waals surface area contributed by atoms with Gasteiger partial charge in [0.2, 0.25) is 0 Å². The zero-order valence-electron chi connectivity index (χ0n) is 8.21. The molecule has 0 aliphatic heterocycles. The standard InChI is InChI=1S/C10H8FN5/c11-7-2-1-3-8(4-7)15-16-10-6-13-9(12)5-14-10/h1-6H,(H2,12,13). The Balaban J connectivity index is 2.18. The number of nitrogens with zero attached hydrogens (tertiary/aromatic N) is 4. The van der Waals surface area contributed by atoms with Crippen LogP contribution in [-0.2, 0) is 0 Å². The molecular weight excluding hydrogens is 209 g/mol. The zero-order valence-corrected chi connectivity index (χ0v) is 8.21. The number of benzene rings is 1. The highest BCUT2D eigenvalue weighted by Gasteiger charge is 1.94. The molecule has 6 heteroatoms. The number of rotatable bonds is 2. The van der Waals surface area contributed by atoms with Crippen molar-refractivity contribution in [1.29, 1.82) is 0 Å². The van der Waals surface area contributed by atoms with E-state index in [4.69, 9.17) is 5.73 Å². The lowest BCUT2D eigenvalue weighted by Crippen LogP contribution is -1.88. The van der Waals surface area contributed by atoms with E-state index in [1.54, 1.807) is 12.1 Å². The van der Waals surface area contributed by atoms with Crippen LogP contribution in [0.4, 0.5) is 21.7 Å². The molecule has 2 N–H and O–H groups in total. The maximum atomic E-state index is 12.8. The lowest BCUT2D eigenvalue weighted by atomic mass is 10.3. The van der Waals surface area contributed by atoms with E-state index in [1.807, 2.05) is 0 Å². The number of nitrogens with two attached hydrogens (primary N) is 1. The second-order valence-electron chi connectivity index (χ2n) is 2.98. The molecule has 0 saturated carbocycles. The van der Waals surface area contributed by atoms with E-state index in [2.05, 4.69) is 20.2 Å². The van der Waals surface area contributed by atoms with Crippen molar-refractivity contribution in [2.45, 2.75) is 0 Å². The molecule has 2 rings (SSSR count). The van der Waals surface area contributed by atoms with Gasteiger partial charge in [0.15, 0.2) is 5.82 Å². The summed E-state index contributed by atoms with van der Waals surface area (Å²) >= 11 is 0. The Morgan fingerprint density at radius 1 is 1.12 bits per heavy atom. The predicted molar refractivity (Wildman–Crippen MR) is 57.0 cm³/mol. The number of hydrogen-bond acceptors (Lipinski definition) is 5. The highest BCUT2D eigenvalue weighted by Crippen LogP contribution is 2.16. The summed E-state index contributed by atoms with van der Waals surface area (Å²) in [5, 5.41) is 7.60. The first-order valence-corrected chi connectivity index (χ1v) is 4.49. The summed E-state index contributed by atoms with van der Waals surface area (Å²) in [7, 11) is 0. The minimum atomic E-state index is -0.361. The molecule has 0 atom stereocenters. The molecule has 0 spiro atoms. The third kappa shape index (κ3) is 2.57. The Kier molecular flexibility index (Phi) is 2.81. The van der Waals surface area contributed by atoms with Crippen molar-refractivity contribution in [3.05, 3.63) is 42.5 Å². The van der Waals surface area contributed by atoms with E-state index in [1.165, 1.54) is 24.5 Å². The molecule has 0 aliphatic rings. The largest absolute Gasteiger partial charge is 0.382 e. The van der Waals surface area contributed by atoms with Crippen LogP contribution in [0.1, 0.15) is 0 Å².